The highest BCUT2D eigenvalue weighted by molar-refractivity contribution is 6.25. The zero-order valence-electron chi connectivity index (χ0n) is 15.3. The maximum atomic E-state index is 3.57. The average Bonchev–Trinajstić information content (AvgIpc) is 3.31. The van der Waals surface area contributed by atoms with Gasteiger partial charge in [0, 0.05) is 21.8 Å². The predicted molar refractivity (Wildman–Crippen MR) is 119 cm³/mol. The second-order valence-electron chi connectivity index (χ2n) is 7.85. The molecule has 0 saturated carbocycles. The van der Waals surface area contributed by atoms with E-state index in [1.165, 1.54) is 65.6 Å². The Kier molecular flexibility index (Phi) is 2.60. The Hall–Kier alpha value is -3.58. The van der Waals surface area contributed by atoms with Crippen molar-refractivity contribution < 1.29 is 0 Å². The zero-order chi connectivity index (χ0) is 18.2. The third kappa shape index (κ3) is 1.72. The van der Waals surface area contributed by atoms with E-state index in [1.807, 2.05) is 0 Å². The van der Waals surface area contributed by atoms with Crippen LogP contribution in [0, 0.1) is 0 Å². The van der Waals surface area contributed by atoms with Gasteiger partial charge in [0.25, 0.3) is 0 Å². The number of aromatic amines is 1. The van der Waals surface area contributed by atoms with E-state index >= 15 is 0 Å². The summed E-state index contributed by atoms with van der Waals surface area (Å²) in [5.74, 6) is 0. The third-order valence-corrected chi connectivity index (χ3v) is 6.42. The van der Waals surface area contributed by atoms with Gasteiger partial charge < -0.3 is 4.98 Å². The van der Waals surface area contributed by atoms with Crippen molar-refractivity contribution in [1.82, 2.24) is 4.98 Å². The molecule has 0 bridgehead atoms. The van der Waals surface area contributed by atoms with Crippen molar-refractivity contribution in [2.45, 2.75) is 6.42 Å². The number of para-hydroxylation sites is 1. The van der Waals surface area contributed by atoms with Gasteiger partial charge in [-0.25, -0.2) is 0 Å². The van der Waals surface area contributed by atoms with Crippen molar-refractivity contribution in [1.29, 1.82) is 0 Å². The van der Waals surface area contributed by atoms with E-state index in [0.29, 0.717) is 0 Å². The maximum absolute atomic E-state index is 3.57. The second kappa shape index (κ2) is 5.02. The van der Waals surface area contributed by atoms with Crippen molar-refractivity contribution in [3.05, 3.63) is 96.1 Å². The van der Waals surface area contributed by atoms with E-state index in [9.17, 15) is 0 Å². The molecule has 1 aromatic heterocycles. The summed E-state index contributed by atoms with van der Waals surface area (Å²) in [6.07, 6.45) is 1.04. The van der Waals surface area contributed by atoms with Crippen molar-refractivity contribution >= 4 is 43.4 Å². The van der Waals surface area contributed by atoms with Crippen molar-refractivity contribution in [3.8, 4) is 11.1 Å². The van der Waals surface area contributed by atoms with Crippen molar-refractivity contribution in [2.24, 2.45) is 0 Å². The Morgan fingerprint density at radius 3 is 2.25 bits per heavy atom. The minimum Gasteiger partial charge on any atom is -0.354 e. The lowest BCUT2D eigenvalue weighted by Crippen LogP contribution is -1.85. The quantitative estimate of drug-likeness (QED) is 0.277. The monoisotopic (exact) mass is 355 g/mol. The largest absolute Gasteiger partial charge is 0.354 e. The Labute approximate surface area is 162 Å². The fourth-order valence-electron chi connectivity index (χ4n) is 5.21. The molecule has 1 N–H and O–H groups in total. The summed E-state index contributed by atoms with van der Waals surface area (Å²) >= 11 is 0. The smallest absolute Gasteiger partial charge is 0.0471 e. The number of nitrogens with one attached hydrogen (secondary N) is 1. The third-order valence-electron chi connectivity index (χ3n) is 6.42. The molecule has 0 aliphatic heterocycles. The van der Waals surface area contributed by atoms with E-state index in [-0.39, 0.29) is 0 Å². The van der Waals surface area contributed by atoms with Crippen LogP contribution in [0.1, 0.15) is 11.1 Å². The lowest BCUT2D eigenvalue weighted by atomic mass is 9.93. The van der Waals surface area contributed by atoms with Crippen LogP contribution >= 0.6 is 0 Å². The number of aromatic nitrogens is 1. The molecule has 7 rings (SSSR count). The first-order valence-electron chi connectivity index (χ1n) is 9.84. The summed E-state index contributed by atoms with van der Waals surface area (Å²) in [4.78, 5) is 3.57. The first kappa shape index (κ1) is 14.5. The minimum absolute atomic E-state index is 1.04. The molecule has 0 radical (unpaired) electrons. The van der Waals surface area contributed by atoms with Gasteiger partial charge in [-0.15, -0.1) is 0 Å². The van der Waals surface area contributed by atoms with Crippen molar-refractivity contribution in [2.75, 3.05) is 0 Å². The van der Waals surface area contributed by atoms with Gasteiger partial charge >= 0.3 is 0 Å². The van der Waals surface area contributed by atoms with Gasteiger partial charge in [-0.2, -0.15) is 0 Å². The SMILES string of the molecule is c1ccc2c(c1)Cc1ccc3c(ccc4c3ccc3[nH]c5ccccc5c34)c1-2. The fourth-order valence-corrected chi connectivity index (χ4v) is 5.21. The van der Waals surface area contributed by atoms with Crippen molar-refractivity contribution in [3.63, 3.8) is 0 Å². The molecule has 0 unspecified atom stereocenters. The molecule has 0 saturated heterocycles. The standard InChI is InChI=1S/C27H17N/c1-2-6-18-16(5-1)15-17-9-10-19-20-13-14-25-27(22(20)12-11-21(19)26(17)18)23-7-3-4-8-24(23)28-25/h1-14,28H,15H2. The summed E-state index contributed by atoms with van der Waals surface area (Å²) in [6.45, 7) is 0. The Morgan fingerprint density at radius 1 is 0.500 bits per heavy atom. The molecule has 0 atom stereocenters. The number of hydrogen-bond acceptors (Lipinski definition) is 0. The molecule has 1 nitrogen and oxygen atoms in total. The number of H-pyrrole nitrogens is 1. The van der Waals surface area contributed by atoms with Crippen LogP contribution in [0.5, 0.6) is 0 Å². The molecular formula is C27H17N. The molecular weight excluding hydrogens is 338 g/mol. The number of hydrogen-bond donors (Lipinski definition) is 1. The van der Waals surface area contributed by atoms with Crippen LogP contribution in [0.4, 0.5) is 0 Å². The van der Waals surface area contributed by atoms with Gasteiger partial charge in [-0.05, 0) is 62.4 Å². The molecule has 130 valence electrons. The highest BCUT2D eigenvalue weighted by Gasteiger charge is 2.21. The molecule has 6 aromatic rings. The summed E-state index contributed by atoms with van der Waals surface area (Å²) in [6, 6.07) is 31.3. The van der Waals surface area contributed by atoms with E-state index < -0.39 is 0 Å². The molecule has 5 aromatic carbocycles. The van der Waals surface area contributed by atoms with Crippen LogP contribution in [-0.4, -0.2) is 4.98 Å². The number of rotatable bonds is 0. The van der Waals surface area contributed by atoms with Gasteiger partial charge in [0.2, 0.25) is 0 Å². The van der Waals surface area contributed by atoms with Gasteiger partial charge in [-0.1, -0.05) is 72.8 Å². The highest BCUT2D eigenvalue weighted by Crippen LogP contribution is 2.44. The molecule has 1 heterocycles. The zero-order valence-corrected chi connectivity index (χ0v) is 15.3. The average molecular weight is 355 g/mol. The van der Waals surface area contributed by atoms with Crippen LogP contribution in [0.15, 0.2) is 84.9 Å². The second-order valence-corrected chi connectivity index (χ2v) is 7.85. The molecule has 0 amide bonds. The van der Waals surface area contributed by atoms with E-state index in [4.69, 9.17) is 0 Å². The van der Waals surface area contributed by atoms with Gasteiger partial charge in [0.1, 0.15) is 0 Å². The summed E-state index contributed by atoms with van der Waals surface area (Å²) in [5.41, 5.74) is 8.12. The van der Waals surface area contributed by atoms with E-state index in [0.717, 1.165) is 6.42 Å². The number of fused-ring (bicyclic) bond motifs is 11. The first-order valence-corrected chi connectivity index (χ1v) is 9.84. The molecule has 1 aliphatic carbocycles. The molecule has 0 spiro atoms. The lowest BCUT2D eigenvalue weighted by Gasteiger charge is -2.11. The van der Waals surface area contributed by atoms with Crippen LogP contribution in [-0.2, 0) is 6.42 Å². The Balaban J connectivity index is 1.66. The lowest BCUT2D eigenvalue weighted by molar-refractivity contribution is 1.27. The minimum atomic E-state index is 1.04. The molecule has 1 aliphatic rings. The number of benzene rings is 5. The first-order chi connectivity index (χ1) is 13.9. The van der Waals surface area contributed by atoms with E-state index in [1.54, 1.807) is 0 Å². The maximum Gasteiger partial charge on any atom is 0.0471 e. The molecule has 28 heavy (non-hydrogen) atoms. The van der Waals surface area contributed by atoms with Gasteiger partial charge in [0.05, 0.1) is 0 Å². The van der Waals surface area contributed by atoms with Gasteiger partial charge in [-0.3, -0.25) is 0 Å². The molecule has 0 fully saturated rings. The highest BCUT2D eigenvalue weighted by atomic mass is 14.7. The predicted octanol–water partition coefficient (Wildman–Crippen LogP) is 7.20. The fraction of sp³-hybridized carbons (Fsp3) is 0.0370. The normalized spacial score (nSPS) is 12.9. The summed E-state index contributed by atoms with van der Waals surface area (Å²) in [5, 5.41) is 8.01. The molecule has 1 heteroatoms. The van der Waals surface area contributed by atoms with Crippen LogP contribution in [0.2, 0.25) is 0 Å². The van der Waals surface area contributed by atoms with E-state index in [2.05, 4.69) is 89.9 Å². The summed E-state index contributed by atoms with van der Waals surface area (Å²) in [7, 11) is 0. The van der Waals surface area contributed by atoms with Crippen LogP contribution in [0.3, 0.4) is 0 Å². The van der Waals surface area contributed by atoms with Gasteiger partial charge in [0.15, 0.2) is 0 Å². The summed E-state index contributed by atoms with van der Waals surface area (Å²) < 4.78 is 0. The Bertz CT molecular complexity index is 1580. The van der Waals surface area contributed by atoms with Crippen LogP contribution in [0.25, 0.3) is 54.5 Å². The van der Waals surface area contributed by atoms with Crippen LogP contribution < -0.4 is 0 Å². The topological polar surface area (TPSA) is 15.8 Å². The Morgan fingerprint density at radius 2 is 1.25 bits per heavy atom.